The summed E-state index contributed by atoms with van der Waals surface area (Å²) < 4.78 is 13.1. The molecule has 0 aromatic heterocycles. The molecule has 1 aromatic carbocycles. The van der Waals surface area contributed by atoms with Crippen LogP contribution in [0.2, 0.25) is 0 Å². The van der Waals surface area contributed by atoms with Gasteiger partial charge in [0.05, 0.1) is 6.04 Å². The van der Waals surface area contributed by atoms with Gasteiger partial charge in [0.2, 0.25) is 0 Å². The molecular weight excluding hydrogens is 457 g/mol. The molecule has 3 aliphatic rings. The molecule has 2 fully saturated rings. The Morgan fingerprint density at radius 3 is 2.40 bits per heavy atom. The number of aliphatic imine (C=N–C) groups is 1. The van der Waals surface area contributed by atoms with Gasteiger partial charge in [0.25, 0.3) is 17.6 Å². The summed E-state index contributed by atoms with van der Waals surface area (Å²) in [6.07, 6.45) is 2.86. The zero-order valence-corrected chi connectivity index (χ0v) is 19.7. The quantitative estimate of drug-likeness (QED) is 0.453. The number of benzene rings is 1. The first-order valence-corrected chi connectivity index (χ1v) is 11.6. The predicted octanol–water partition coefficient (Wildman–Crippen LogP) is 0.110. The topological polar surface area (TPSA) is 119 Å². The molecule has 2 aliphatic heterocycles. The molecule has 1 saturated heterocycles. The minimum absolute atomic E-state index is 0.0265. The average molecular weight is 486 g/mol. The van der Waals surface area contributed by atoms with Crippen molar-refractivity contribution >= 4 is 35.2 Å². The molecule has 1 saturated carbocycles. The Morgan fingerprint density at radius 2 is 1.77 bits per heavy atom. The van der Waals surface area contributed by atoms with E-state index in [1.165, 1.54) is 53.1 Å². The SMILES string of the molecule is CN(C)C(=O)C(=O)N(CC1CC1)C1CCCN2C(=O)C(=O)C(C(=O)NCc3ccc(F)cc3)N=C12. The van der Waals surface area contributed by atoms with Gasteiger partial charge >= 0.3 is 11.8 Å². The van der Waals surface area contributed by atoms with Crippen LogP contribution in [0.25, 0.3) is 0 Å². The summed E-state index contributed by atoms with van der Waals surface area (Å²) >= 11 is 0. The second-order valence-electron chi connectivity index (χ2n) is 9.31. The van der Waals surface area contributed by atoms with Crippen molar-refractivity contribution in [2.75, 3.05) is 27.2 Å². The standard InChI is InChI=1S/C24H28FN5O5/c1-28(2)23(34)24(35)30(13-15-5-6-15)17-4-3-11-29-20(17)27-18(19(31)22(29)33)21(32)26-12-14-7-9-16(25)10-8-14/h7-10,15,17-18H,3-6,11-13H2,1-2H3,(H,26,32). The molecule has 4 amide bonds. The normalized spacial score (nSPS) is 21.7. The molecule has 1 aromatic rings. The molecule has 0 bridgehead atoms. The molecule has 10 nitrogen and oxygen atoms in total. The molecule has 4 rings (SSSR count). The molecule has 186 valence electrons. The number of likely N-dealkylation sites (N-methyl/N-ethyl adjacent to an activating group) is 1. The molecular formula is C24H28FN5O5. The molecule has 1 N–H and O–H groups in total. The van der Waals surface area contributed by atoms with Crippen LogP contribution in [-0.2, 0) is 30.5 Å². The Hall–Kier alpha value is -3.63. The summed E-state index contributed by atoms with van der Waals surface area (Å²) in [5, 5.41) is 2.58. The molecule has 2 heterocycles. The van der Waals surface area contributed by atoms with E-state index in [1.807, 2.05) is 0 Å². The zero-order chi connectivity index (χ0) is 25.3. The lowest BCUT2D eigenvalue weighted by atomic mass is 9.97. The summed E-state index contributed by atoms with van der Waals surface area (Å²) in [5.41, 5.74) is 0.613. The fourth-order valence-corrected chi connectivity index (χ4v) is 4.27. The van der Waals surface area contributed by atoms with Gasteiger partial charge in [-0.1, -0.05) is 12.1 Å². The van der Waals surface area contributed by atoms with Gasteiger partial charge in [-0.25, -0.2) is 9.38 Å². The van der Waals surface area contributed by atoms with Gasteiger partial charge in [-0.15, -0.1) is 0 Å². The largest absolute Gasteiger partial charge is 0.350 e. The van der Waals surface area contributed by atoms with Crippen molar-refractivity contribution in [1.29, 1.82) is 0 Å². The van der Waals surface area contributed by atoms with Gasteiger partial charge < -0.3 is 15.1 Å². The number of ketones is 1. The van der Waals surface area contributed by atoms with E-state index in [2.05, 4.69) is 10.3 Å². The highest BCUT2D eigenvalue weighted by atomic mass is 19.1. The summed E-state index contributed by atoms with van der Waals surface area (Å²) in [7, 11) is 2.98. The number of piperidine rings is 1. The van der Waals surface area contributed by atoms with E-state index in [9.17, 15) is 28.4 Å². The van der Waals surface area contributed by atoms with Crippen molar-refractivity contribution < 1.29 is 28.4 Å². The summed E-state index contributed by atoms with van der Waals surface area (Å²) in [6.45, 7) is 0.620. The van der Waals surface area contributed by atoms with E-state index in [1.54, 1.807) is 0 Å². The maximum atomic E-state index is 13.1. The number of rotatable bonds is 6. The van der Waals surface area contributed by atoms with Gasteiger partial charge in [0, 0.05) is 33.7 Å². The Morgan fingerprint density at radius 1 is 1.09 bits per heavy atom. The van der Waals surface area contributed by atoms with E-state index in [0.29, 0.717) is 24.9 Å². The van der Waals surface area contributed by atoms with Gasteiger partial charge in [-0.2, -0.15) is 0 Å². The van der Waals surface area contributed by atoms with E-state index in [4.69, 9.17) is 0 Å². The minimum Gasteiger partial charge on any atom is -0.350 e. The Kier molecular flexibility index (Phi) is 6.95. The van der Waals surface area contributed by atoms with Crippen LogP contribution in [0.5, 0.6) is 0 Å². The van der Waals surface area contributed by atoms with Crippen molar-refractivity contribution in [3.8, 4) is 0 Å². The highest BCUT2D eigenvalue weighted by Crippen LogP contribution is 2.32. The molecule has 0 radical (unpaired) electrons. The van der Waals surface area contributed by atoms with Crippen LogP contribution in [0.1, 0.15) is 31.2 Å². The molecule has 0 spiro atoms. The number of amides is 4. The lowest BCUT2D eigenvalue weighted by molar-refractivity contribution is -0.152. The van der Waals surface area contributed by atoms with Crippen molar-refractivity contribution in [1.82, 2.24) is 20.0 Å². The highest BCUT2D eigenvalue weighted by Gasteiger charge is 2.47. The lowest BCUT2D eigenvalue weighted by Crippen LogP contribution is -2.63. The van der Waals surface area contributed by atoms with Crippen LogP contribution in [0.4, 0.5) is 4.39 Å². The van der Waals surface area contributed by atoms with Crippen LogP contribution < -0.4 is 5.32 Å². The third kappa shape index (κ3) is 5.23. The number of hydrogen-bond donors (Lipinski definition) is 1. The number of carbonyl (C=O) groups is 5. The molecule has 35 heavy (non-hydrogen) atoms. The summed E-state index contributed by atoms with van der Waals surface area (Å²) in [5.74, 6) is -3.92. The number of Topliss-reactive ketones (excluding diaryl/α,β-unsaturated/α-hetero) is 1. The van der Waals surface area contributed by atoms with Crippen molar-refractivity contribution in [2.24, 2.45) is 10.9 Å². The smallest absolute Gasteiger partial charge is 0.312 e. The fourth-order valence-electron chi connectivity index (χ4n) is 4.27. The number of carbonyl (C=O) groups excluding carboxylic acids is 5. The van der Waals surface area contributed by atoms with Gasteiger partial charge in [0.1, 0.15) is 11.7 Å². The fraction of sp³-hybridized carbons (Fsp3) is 0.500. The van der Waals surface area contributed by atoms with E-state index in [0.717, 1.165) is 12.8 Å². The first kappa shape index (κ1) is 24.5. The van der Waals surface area contributed by atoms with Gasteiger partial charge in [-0.05, 0) is 49.3 Å². The zero-order valence-electron chi connectivity index (χ0n) is 19.7. The summed E-state index contributed by atoms with van der Waals surface area (Å²) in [4.78, 5) is 72.3. The molecule has 1 aliphatic carbocycles. The average Bonchev–Trinajstić information content (AvgIpc) is 3.67. The Balaban J connectivity index is 1.59. The number of halogens is 1. The maximum Gasteiger partial charge on any atom is 0.312 e. The van der Waals surface area contributed by atoms with Crippen LogP contribution in [0, 0.1) is 11.7 Å². The van der Waals surface area contributed by atoms with Crippen molar-refractivity contribution in [3.63, 3.8) is 0 Å². The van der Waals surface area contributed by atoms with Gasteiger partial charge in [-0.3, -0.25) is 28.9 Å². The van der Waals surface area contributed by atoms with E-state index >= 15 is 0 Å². The van der Waals surface area contributed by atoms with Crippen molar-refractivity contribution in [2.45, 2.75) is 44.3 Å². The van der Waals surface area contributed by atoms with Crippen molar-refractivity contribution in [3.05, 3.63) is 35.6 Å². The second kappa shape index (κ2) is 9.93. The number of amidine groups is 1. The summed E-state index contributed by atoms with van der Waals surface area (Å²) in [6, 6.07) is 3.22. The van der Waals surface area contributed by atoms with Crippen LogP contribution in [0.3, 0.4) is 0 Å². The number of nitrogens with one attached hydrogen (secondary N) is 1. The lowest BCUT2D eigenvalue weighted by Gasteiger charge is -2.42. The van der Waals surface area contributed by atoms with Crippen LogP contribution in [0.15, 0.2) is 29.3 Å². The second-order valence-corrected chi connectivity index (χ2v) is 9.31. The van der Waals surface area contributed by atoms with E-state index < -0.39 is 47.3 Å². The number of fused-ring (bicyclic) bond motifs is 1. The monoisotopic (exact) mass is 485 g/mol. The Bertz CT molecular complexity index is 1080. The number of hydrogen-bond acceptors (Lipinski definition) is 6. The Labute approximate surface area is 202 Å². The van der Waals surface area contributed by atoms with Crippen LogP contribution in [-0.4, -0.2) is 89.2 Å². The first-order valence-electron chi connectivity index (χ1n) is 11.6. The third-order valence-electron chi connectivity index (χ3n) is 6.41. The predicted molar refractivity (Wildman–Crippen MR) is 122 cm³/mol. The van der Waals surface area contributed by atoms with Crippen LogP contribution >= 0.6 is 0 Å². The number of nitrogens with zero attached hydrogens (tertiary/aromatic N) is 4. The maximum absolute atomic E-state index is 13.1. The molecule has 2 atom stereocenters. The first-order chi connectivity index (χ1) is 16.7. The highest BCUT2D eigenvalue weighted by molar-refractivity contribution is 6.46. The molecule has 2 unspecified atom stereocenters. The van der Waals surface area contributed by atoms with Gasteiger partial charge in [0.15, 0.2) is 6.04 Å². The van der Waals surface area contributed by atoms with E-state index in [-0.39, 0.29) is 24.8 Å². The minimum atomic E-state index is -1.59. The molecule has 11 heteroatoms. The third-order valence-corrected chi connectivity index (χ3v) is 6.41.